The van der Waals surface area contributed by atoms with Crippen molar-refractivity contribution >= 4 is 5.91 Å². The number of hydrogen-bond donors (Lipinski definition) is 0. The summed E-state index contributed by atoms with van der Waals surface area (Å²) in [4.78, 5) is 19.5. The number of aromatic nitrogens is 1. The lowest BCUT2D eigenvalue weighted by Gasteiger charge is -2.32. The Hall–Kier alpha value is -3.14. The lowest BCUT2D eigenvalue weighted by molar-refractivity contribution is 0.0712. The van der Waals surface area contributed by atoms with Crippen LogP contribution in [0.5, 0.6) is 5.75 Å². The van der Waals surface area contributed by atoms with E-state index >= 15 is 0 Å². The minimum atomic E-state index is 0.129. The van der Waals surface area contributed by atoms with Crippen LogP contribution in [0.15, 0.2) is 72.8 Å². The minimum Gasteiger partial charge on any atom is -0.497 e. The molecule has 2 heterocycles. The van der Waals surface area contributed by atoms with Gasteiger partial charge in [-0.3, -0.25) is 9.78 Å². The molecule has 0 saturated carbocycles. The molecule has 1 amide bonds. The summed E-state index contributed by atoms with van der Waals surface area (Å²) in [6, 6.07) is 24.0. The Morgan fingerprint density at radius 1 is 1.00 bits per heavy atom. The molecule has 0 spiro atoms. The van der Waals surface area contributed by atoms with E-state index in [0.29, 0.717) is 5.92 Å². The van der Waals surface area contributed by atoms with Gasteiger partial charge in [0.25, 0.3) is 5.91 Å². The summed E-state index contributed by atoms with van der Waals surface area (Å²) in [6.45, 7) is 1.56. The van der Waals surface area contributed by atoms with Crippen molar-refractivity contribution in [2.24, 2.45) is 0 Å². The topological polar surface area (TPSA) is 42.4 Å². The van der Waals surface area contributed by atoms with E-state index in [2.05, 4.69) is 30.3 Å². The first-order valence-corrected chi connectivity index (χ1v) is 10.2. The van der Waals surface area contributed by atoms with E-state index in [9.17, 15) is 4.79 Å². The van der Waals surface area contributed by atoms with Gasteiger partial charge in [-0.05, 0) is 54.8 Å². The molecule has 148 valence electrons. The molecule has 3 aromatic rings. The average Bonchev–Trinajstić information content (AvgIpc) is 2.79. The Balaban J connectivity index is 1.40. The van der Waals surface area contributed by atoms with Crippen molar-refractivity contribution in [3.05, 3.63) is 95.3 Å². The maximum absolute atomic E-state index is 12.7. The first-order valence-electron chi connectivity index (χ1n) is 10.2. The molecular formula is C25H26N2O2. The van der Waals surface area contributed by atoms with Crippen molar-refractivity contribution in [2.45, 2.75) is 25.2 Å². The molecule has 29 heavy (non-hydrogen) atoms. The highest BCUT2D eigenvalue weighted by Gasteiger charge is 2.25. The zero-order valence-electron chi connectivity index (χ0n) is 16.8. The van der Waals surface area contributed by atoms with Crippen LogP contribution in [-0.2, 0) is 6.42 Å². The third-order valence-corrected chi connectivity index (χ3v) is 5.57. The van der Waals surface area contributed by atoms with Crippen LogP contribution >= 0.6 is 0 Å². The molecule has 1 aliphatic rings. The van der Waals surface area contributed by atoms with Crippen molar-refractivity contribution in [3.8, 4) is 5.75 Å². The number of hydrogen-bond acceptors (Lipinski definition) is 3. The highest BCUT2D eigenvalue weighted by Crippen LogP contribution is 2.28. The minimum absolute atomic E-state index is 0.129. The number of piperidine rings is 1. The van der Waals surface area contributed by atoms with Crippen LogP contribution in [-0.4, -0.2) is 36.0 Å². The average molecular weight is 386 g/mol. The summed E-state index contributed by atoms with van der Waals surface area (Å²) in [7, 11) is 1.69. The van der Waals surface area contributed by atoms with Gasteiger partial charge in [0.1, 0.15) is 5.75 Å². The zero-order chi connectivity index (χ0) is 20.1. The molecule has 1 aliphatic heterocycles. The monoisotopic (exact) mass is 386 g/mol. The van der Waals surface area contributed by atoms with E-state index in [1.54, 1.807) is 7.11 Å². The quantitative estimate of drug-likeness (QED) is 0.638. The van der Waals surface area contributed by atoms with Gasteiger partial charge in [0.05, 0.1) is 7.11 Å². The molecule has 1 fully saturated rings. The number of ether oxygens (including phenoxy) is 1. The Kier molecular flexibility index (Phi) is 5.89. The first kappa shape index (κ1) is 19.2. The van der Waals surface area contributed by atoms with Crippen molar-refractivity contribution < 1.29 is 9.53 Å². The van der Waals surface area contributed by atoms with Crippen molar-refractivity contribution in [1.82, 2.24) is 9.88 Å². The van der Waals surface area contributed by atoms with Gasteiger partial charge in [0, 0.05) is 42.4 Å². The van der Waals surface area contributed by atoms with Gasteiger partial charge < -0.3 is 9.64 Å². The van der Waals surface area contributed by atoms with Crippen LogP contribution < -0.4 is 4.74 Å². The number of likely N-dealkylation sites (tertiary alicyclic amines) is 1. The molecule has 0 bridgehead atoms. The number of carbonyl (C=O) groups excluding carboxylic acids is 1. The van der Waals surface area contributed by atoms with Crippen LogP contribution in [0.25, 0.3) is 0 Å². The molecule has 1 aromatic heterocycles. The van der Waals surface area contributed by atoms with Crippen LogP contribution in [0.3, 0.4) is 0 Å². The number of methoxy groups -OCH3 is 1. The van der Waals surface area contributed by atoms with Crippen molar-refractivity contribution in [3.63, 3.8) is 0 Å². The third kappa shape index (κ3) is 4.65. The molecule has 1 saturated heterocycles. The highest BCUT2D eigenvalue weighted by molar-refractivity contribution is 5.94. The second kappa shape index (κ2) is 8.91. The third-order valence-electron chi connectivity index (χ3n) is 5.57. The second-order valence-corrected chi connectivity index (χ2v) is 7.51. The molecule has 4 rings (SSSR count). The molecule has 0 aliphatic carbocycles. The Labute approximate surface area is 172 Å². The zero-order valence-corrected chi connectivity index (χ0v) is 16.8. The number of benzene rings is 2. The molecule has 0 N–H and O–H groups in total. The molecule has 0 radical (unpaired) electrons. The lowest BCUT2D eigenvalue weighted by Crippen LogP contribution is -2.38. The summed E-state index contributed by atoms with van der Waals surface area (Å²) < 4.78 is 5.32. The Bertz CT molecular complexity index is 963. The summed E-state index contributed by atoms with van der Waals surface area (Å²) >= 11 is 0. The van der Waals surface area contributed by atoms with Gasteiger partial charge in [-0.2, -0.15) is 0 Å². The lowest BCUT2D eigenvalue weighted by atomic mass is 9.92. The molecule has 0 unspecified atom stereocenters. The van der Waals surface area contributed by atoms with Gasteiger partial charge in [0.2, 0.25) is 0 Å². The smallest absolute Gasteiger partial charge is 0.253 e. The van der Waals surface area contributed by atoms with E-state index in [1.165, 1.54) is 5.56 Å². The summed E-state index contributed by atoms with van der Waals surface area (Å²) in [5.74, 6) is 1.40. The Morgan fingerprint density at radius 3 is 2.52 bits per heavy atom. The molecule has 0 atom stereocenters. The van der Waals surface area contributed by atoms with Crippen molar-refractivity contribution in [1.29, 1.82) is 0 Å². The maximum Gasteiger partial charge on any atom is 0.253 e. The number of pyridine rings is 1. The highest BCUT2D eigenvalue weighted by atomic mass is 16.5. The predicted molar refractivity (Wildman–Crippen MR) is 114 cm³/mol. The van der Waals surface area contributed by atoms with E-state index in [4.69, 9.17) is 9.72 Å². The fraction of sp³-hybridized carbons (Fsp3) is 0.280. The maximum atomic E-state index is 12.7. The standard InChI is InChI=1S/C25H26N2O2/c1-29-23-11-5-7-19(18-23)17-22-10-6-12-24(26-22)20-13-15-27(16-14-20)25(28)21-8-3-2-4-9-21/h2-12,18,20H,13-17H2,1H3. The summed E-state index contributed by atoms with van der Waals surface area (Å²) in [5, 5.41) is 0. The first-order chi connectivity index (χ1) is 14.2. The van der Waals surface area contributed by atoms with E-state index in [0.717, 1.165) is 55.1 Å². The molecule has 2 aromatic carbocycles. The van der Waals surface area contributed by atoms with E-state index in [1.807, 2.05) is 47.4 Å². The predicted octanol–water partition coefficient (Wildman–Crippen LogP) is 4.70. The molecular weight excluding hydrogens is 360 g/mol. The van der Waals surface area contributed by atoms with Crippen LogP contribution in [0.2, 0.25) is 0 Å². The fourth-order valence-corrected chi connectivity index (χ4v) is 3.96. The summed E-state index contributed by atoms with van der Waals surface area (Å²) in [5.41, 5.74) is 4.16. The fourth-order valence-electron chi connectivity index (χ4n) is 3.96. The number of carbonyl (C=O) groups is 1. The van der Waals surface area contributed by atoms with Gasteiger partial charge >= 0.3 is 0 Å². The van der Waals surface area contributed by atoms with E-state index < -0.39 is 0 Å². The number of rotatable bonds is 5. The van der Waals surface area contributed by atoms with E-state index in [-0.39, 0.29) is 5.91 Å². The van der Waals surface area contributed by atoms with Gasteiger partial charge in [-0.25, -0.2) is 0 Å². The van der Waals surface area contributed by atoms with Gasteiger partial charge in [-0.15, -0.1) is 0 Å². The number of amides is 1. The SMILES string of the molecule is COc1cccc(Cc2cccc(C3CCN(C(=O)c4ccccc4)CC3)n2)c1. The van der Waals surface area contributed by atoms with Crippen LogP contribution in [0.4, 0.5) is 0 Å². The summed E-state index contributed by atoms with van der Waals surface area (Å²) in [6.07, 6.45) is 2.69. The van der Waals surface area contributed by atoms with Crippen LogP contribution in [0, 0.1) is 0 Å². The van der Waals surface area contributed by atoms with Gasteiger partial charge in [0.15, 0.2) is 0 Å². The van der Waals surface area contributed by atoms with Crippen LogP contribution in [0.1, 0.15) is 46.1 Å². The number of nitrogens with zero attached hydrogens (tertiary/aromatic N) is 2. The second-order valence-electron chi connectivity index (χ2n) is 7.51. The molecule has 4 heteroatoms. The Morgan fingerprint density at radius 2 is 1.76 bits per heavy atom. The largest absolute Gasteiger partial charge is 0.497 e. The normalized spacial score (nSPS) is 14.6. The van der Waals surface area contributed by atoms with Gasteiger partial charge in [-0.1, -0.05) is 36.4 Å². The molecule has 4 nitrogen and oxygen atoms in total. The van der Waals surface area contributed by atoms with Crippen molar-refractivity contribution in [2.75, 3.05) is 20.2 Å².